The fraction of sp³-hybridized carbons (Fsp3) is 0.714. The van der Waals surface area contributed by atoms with E-state index in [1.165, 1.54) is 13.2 Å². The molecule has 0 aliphatic carbocycles. The van der Waals surface area contributed by atoms with E-state index in [1.807, 2.05) is 0 Å². The number of hydrogen-bond donors (Lipinski definition) is 0. The Labute approximate surface area is 78.1 Å². The van der Waals surface area contributed by atoms with Gasteiger partial charge < -0.3 is 4.74 Å². The number of rotatable bonds is 4. The van der Waals surface area contributed by atoms with Crippen molar-refractivity contribution in [2.24, 2.45) is 0 Å². The summed E-state index contributed by atoms with van der Waals surface area (Å²) in [5.74, 6) is -3.75. The molecule has 2 unspecified atom stereocenters. The van der Waals surface area contributed by atoms with Gasteiger partial charge in [0.15, 0.2) is 0 Å². The van der Waals surface area contributed by atoms with Crippen LogP contribution in [0.5, 0.6) is 0 Å². The van der Waals surface area contributed by atoms with Crippen molar-refractivity contribution in [2.45, 2.75) is 24.4 Å². The van der Waals surface area contributed by atoms with Crippen LogP contribution in [0.3, 0.4) is 0 Å². The van der Waals surface area contributed by atoms with E-state index in [4.69, 9.17) is 0 Å². The molecule has 0 rings (SSSR count). The molecule has 78 valence electrons. The highest BCUT2D eigenvalue weighted by Crippen LogP contribution is 2.37. The summed E-state index contributed by atoms with van der Waals surface area (Å²) in [6.45, 7) is 4.08. The molecule has 2 atom stereocenters. The maximum atomic E-state index is 13.0. The van der Waals surface area contributed by atoms with Crippen LogP contribution in [-0.2, 0) is 4.74 Å². The molecule has 0 aromatic rings. The lowest BCUT2D eigenvalue weighted by molar-refractivity contribution is -0.311. The molecule has 6 heteroatoms. The van der Waals surface area contributed by atoms with Gasteiger partial charge in [0.2, 0.25) is 0 Å². The van der Waals surface area contributed by atoms with Gasteiger partial charge in [-0.3, -0.25) is 0 Å². The van der Waals surface area contributed by atoms with Crippen LogP contribution in [0.15, 0.2) is 12.7 Å². The normalized spacial score (nSPS) is 19.2. The lowest BCUT2D eigenvalue weighted by atomic mass is 10.3. The number of alkyl halides is 4. The van der Waals surface area contributed by atoms with Crippen LogP contribution in [0.25, 0.3) is 0 Å². The zero-order valence-corrected chi connectivity index (χ0v) is 8.01. The molecule has 0 aromatic carbocycles. The second-order valence-electron chi connectivity index (χ2n) is 2.27. The van der Waals surface area contributed by atoms with Gasteiger partial charge in [-0.1, -0.05) is 6.58 Å². The van der Waals surface area contributed by atoms with Gasteiger partial charge in [0, 0.05) is 0 Å². The van der Waals surface area contributed by atoms with E-state index in [2.05, 4.69) is 11.3 Å². The van der Waals surface area contributed by atoms with Crippen molar-refractivity contribution in [3.05, 3.63) is 12.7 Å². The zero-order valence-electron chi connectivity index (χ0n) is 7.19. The minimum atomic E-state index is -5.08. The number of hydrogen-bond acceptors (Lipinski definition) is 2. The number of halogens is 4. The van der Waals surface area contributed by atoms with E-state index >= 15 is 0 Å². The van der Waals surface area contributed by atoms with Crippen molar-refractivity contribution in [2.75, 3.05) is 6.26 Å². The molecule has 0 saturated carbocycles. The largest absolute Gasteiger partial charge is 0.452 e. The predicted molar refractivity (Wildman–Crippen MR) is 44.2 cm³/mol. The molecular weight excluding hydrogens is 208 g/mol. The highest BCUT2D eigenvalue weighted by molar-refractivity contribution is 7.99. The molecule has 0 aliphatic heterocycles. The highest BCUT2D eigenvalue weighted by Gasteiger charge is 2.56. The van der Waals surface area contributed by atoms with Crippen LogP contribution in [0.4, 0.5) is 17.6 Å². The summed E-state index contributed by atoms with van der Waals surface area (Å²) in [4.78, 5) is 0. The summed E-state index contributed by atoms with van der Waals surface area (Å²) in [7, 11) is 0. The third-order valence-electron chi connectivity index (χ3n) is 1.32. The minimum absolute atomic E-state index is 0.111. The highest BCUT2D eigenvalue weighted by atomic mass is 32.2. The number of ether oxygens (including phenoxy) is 1. The Morgan fingerprint density at radius 3 is 2.08 bits per heavy atom. The van der Waals surface area contributed by atoms with Crippen LogP contribution in [0, 0.1) is 0 Å². The van der Waals surface area contributed by atoms with Gasteiger partial charge in [0.25, 0.3) is 0 Å². The molecule has 0 saturated heterocycles. The maximum absolute atomic E-state index is 13.0. The second kappa shape index (κ2) is 4.32. The first-order valence-electron chi connectivity index (χ1n) is 3.36. The molecule has 0 aromatic heterocycles. The first-order valence-corrected chi connectivity index (χ1v) is 4.65. The fourth-order valence-corrected chi connectivity index (χ4v) is 0.757. The third-order valence-corrected chi connectivity index (χ3v) is 2.08. The quantitative estimate of drug-likeness (QED) is 0.407. The van der Waals surface area contributed by atoms with Crippen LogP contribution in [0.2, 0.25) is 0 Å². The van der Waals surface area contributed by atoms with E-state index < -0.39 is 17.5 Å². The molecule has 1 nitrogen and oxygen atoms in total. The summed E-state index contributed by atoms with van der Waals surface area (Å²) < 4.78 is 53.2. The Hall–Kier alpha value is -0.230. The topological polar surface area (TPSA) is 9.23 Å². The molecule has 0 heterocycles. The fourth-order valence-electron chi connectivity index (χ4n) is 0.520. The van der Waals surface area contributed by atoms with Crippen molar-refractivity contribution in [1.82, 2.24) is 0 Å². The van der Waals surface area contributed by atoms with E-state index in [0.717, 1.165) is 11.8 Å². The van der Waals surface area contributed by atoms with E-state index in [9.17, 15) is 17.6 Å². The molecule has 0 aliphatic rings. The lowest BCUT2D eigenvalue weighted by Gasteiger charge is -2.26. The predicted octanol–water partition coefficient (Wildman–Crippen LogP) is 3.13. The van der Waals surface area contributed by atoms with Gasteiger partial charge in [0.1, 0.15) is 5.44 Å². The molecule has 0 spiro atoms. The standard InChI is InChI=1S/C7H10F4OS/c1-4-6(8,7(9,10)11)12-5(2)13-3/h4-5H,1H2,2-3H3. The molecule has 0 bridgehead atoms. The average molecular weight is 218 g/mol. The van der Waals surface area contributed by atoms with Crippen molar-refractivity contribution >= 4 is 11.8 Å². The molecule has 0 radical (unpaired) electrons. The van der Waals surface area contributed by atoms with E-state index in [-0.39, 0.29) is 6.08 Å². The Morgan fingerprint density at radius 1 is 1.38 bits per heavy atom. The minimum Gasteiger partial charge on any atom is -0.322 e. The summed E-state index contributed by atoms with van der Waals surface area (Å²) >= 11 is 0.973. The first kappa shape index (κ1) is 12.8. The van der Waals surface area contributed by atoms with Gasteiger partial charge in [-0.25, -0.2) is 0 Å². The molecule has 0 amide bonds. The van der Waals surface area contributed by atoms with Crippen LogP contribution < -0.4 is 0 Å². The first-order chi connectivity index (χ1) is 5.77. The Balaban J connectivity index is 4.56. The van der Waals surface area contributed by atoms with Crippen molar-refractivity contribution < 1.29 is 22.3 Å². The lowest BCUT2D eigenvalue weighted by Crippen LogP contribution is -2.43. The van der Waals surface area contributed by atoms with Gasteiger partial charge in [-0.2, -0.15) is 17.6 Å². The van der Waals surface area contributed by atoms with Crippen LogP contribution in [0.1, 0.15) is 6.92 Å². The van der Waals surface area contributed by atoms with Gasteiger partial charge in [-0.05, 0) is 19.3 Å². The number of thioether (sulfide) groups is 1. The molecular formula is C7H10F4OS. The summed E-state index contributed by atoms with van der Waals surface area (Å²) in [6, 6.07) is 0. The summed E-state index contributed by atoms with van der Waals surface area (Å²) in [5, 5.41) is 0. The summed E-state index contributed by atoms with van der Waals surface area (Å²) in [5.41, 5.74) is -0.885. The van der Waals surface area contributed by atoms with E-state index in [0.29, 0.717) is 0 Å². The van der Waals surface area contributed by atoms with Crippen LogP contribution in [-0.4, -0.2) is 23.7 Å². The van der Waals surface area contributed by atoms with Crippen molar-refractivity contribution in [3.63, 3.8) is 0 Å². The Kier molecular flexibility index (Phi) is 4.25. The second-order valence-corrected chi connectivity index (χ2v) is 3.40. The third kappa shape index (κ3) is 3.19. The van der Waals surface area contributed by atoms with Crippen molar-refractivity contribution in [3.8, 4) is 0 Å². The van der Waals surface area contributed by atoms with Crippen molar-refractivity contribution in [1.29, 1.82) is 0 Å². The van der Waals surface area contributed by atoms with Gasteiger partial charge in [-0.15, -0.1) is 11.8 Å². The zero-order chi connectivity index (χ0) is 10.7. The van der Waals surface area contributed by atoms with Gasteiger partial charge in [0.05, 0.1) is 0 Å². The molecule has 0 N–H and O–H groups in total. The molecule has 0 fully saturated rings. The summed E-state index contributed by atoms with van der Waals surface area (Å²) in [6.07, 6.45) is -3.46. The smallest absolute Gasteiger partial charge is 0.322 e. The SMILES string of the molecule is C=CC(F)(OC(C)SC)C(F)(F)F. The molecule has 13 heavy (non-hydrogen) atoms. The van der Waals surface area contributed by atoms with Gasteiger partial charge >= 0.3 is 12.0 Å². The Bertz CT molecular complexity index is 182. The monoisotopic (exact) mass is 218 g/mol. The van der Waals surface area contributed by atoms with Crippen LogP contribution >= 0.6 is 11.8 Å². The Morgan fingerprint density at radius 2 is 1.85 bits per heavy atom. The maximum Gasteiger partial charge on any atom is 0.452 e. The average Bonchev–Trinajstić information content (AvgIpc) is 2.02. The van der Waals surface area contributed by atoms with E-state index in [1.54, 1.807) is 0 Å².